The Kier molecular flexibility index (Phi) is 5.80. The van der Waals surface area contributed by atoms with Crippen LogP contribution in [-0.2, 0) is 22.9 Å². The van der Waals surface area contributed by atoms with Gasteiger partial charge in [-0.05, 0) is 75.4 Å². The van der Waals surface area contributed by atoms with Crippen LogP contribution in [0, 0.1) is 0 Å². The molecule has 0 bridgehead atoms. The van der Waals surface area contributed by atoms with Gasteiger partial charge in [0.2, 0.25) is 10.0 Å². The van der Waals surface area contributed by atoms with Crippen LogP contribution in [0.2, 0.25) is 0 Å². The van der Waals surface area contributed by atoms with E-state index in [0.717, 1.165) is 55.5 Å². The number of nitrogens with one attached hydrogen (secondary N) is 1. The SMILES string of the molecule is CC1CCCCN1S(=O)(=O)c1ccc(C(=O)Nc2c3c(nn2-c2ccccc2)CCC3)cc1. The van der Waals surface area contributed by atoms with Crippen LogP contribution in [0.25, 0.3) is 5.69 Å². The number of nitrogens with zero attached hydrogens (tertiary/aromatic N) is 3. The maximum absolute atomic E-state index is 13.1. The van der Waals surface area contributed by atoms with Crippen molar-refractivity contribution in [1.29, 1.82) is 0 Å². The van der Waals surface area contributed by atoms with E-state index in [1.807, 2.05) is 37.3 Å². The number of carbonyl (C=O) groups excluding carboxylic acids is 1. The van der Waals surface area contributed by atoms with Crippen LogP contribution in [0.4, 0.5) is 5.82 Å². The second-order valence-corrected chi connectivity index (χ2v) is 10.7. The van der Waals surface area contributed by atoms with E-state index in [9.17, 15) is 13.2 Å². The van der Waals surface area contributed by atoms with Crippen LogP contribution >= 0.6 is 0 Å². The Balaban J connectivity index is 1.40. The third kappa shape index (κ3) is 4.09. The van der Waals surface area contributed by atoms with Crippen molar-refractivity contribution in [1.82, 2.24) is 14.1 Å². The molecule has 1 aliphatic heterocycles. The van der Waals surface area contributed by atoms with E-state index >= 15 is 0 Å². The molecule has 0 spiro atoms. The zero-order chi connectivity index (χ0) is 23.0. The van der Waals surface area contributed by atoms with Gasteiger partial charge in [0.15, 0.2) is 0 Å². The standard InChI is InChI=1S/C25H28N4O3S/c1-18-8-5-6-17-28(18)33(31,32)21-15-13-19(14-16-21)25(30)26-24-22-11-7-12-23(22)27-29(24)20-9-3-2-4-10-20/h2-4,9-10,13-16,18H,5-8,11-12,17H2,1H3,(H,26,30). The Hall–Kier alpha value is -2.97. The first-order valence-electron chi connectivity index (χ1n) is 11.5. The number of para-hydroxylation sites is 1. The Morgan fingerprint density at radius 1 is 1.00 bits per heavy atom. The van der Waals surface area contributed by atoms with E-state index in [4.69, 9.17) is 5.10 Å². The Morgan fingerprint density at radius 2 is 1.76 bits per heavy atom. The fourth-order valence-electron chi connectivity index (χ4n) is 4.80. The van der Waals surface area contributed by atoms with Crippen molar-refractivity contribution in [3.05, 3.63) is 71.4 Å². The summed E-state index contributed by atoms with van der Waals surface area (Å²) in [5, 5.41) is 7.77. The second-order valence-electron chi connectivity index (χ2n) is 8.81. The molecule has 3 aromatic rings. The maximum atomic E-state index is 13.1. The van der Waals surface area contributed by atoms with Crippen LogP contribution < -0.4 is 5.32 Å². The highest BCUT2D eigenvalue weighted by atomic mass is 32.2. The van der Waals surface area contributed by atoms with Crippen molar-refractivity contribution in [3.8, 4) is 5.69 Å². The van der Waals surface area contributed by atoms with E-state index in [0.29, 0.717) is 17.9 Å². The minimum absolute atomic E-state index is 0.00732. The molecule has 1 fully saturated rings. The Bertz CT molecular complexity index is 1270. The number of carbonyl (C=O) groups is 1. The van der Waals surface area contributed by atoms with Gasteiger partial charge >= 0.3 is 0 Å². The van der Waals surface area contributed by atoms with E-state index in [2.05, 4.69) is 5.32 Å². The normalized spacial score (nSPS) is 18.8. The van der Waals surface area contributed by atoms with Crippen molar-refractivity contribution >= 4 is 21.7 Å². The van der Waals surface area contributed by atoms with Gasteiger partial charge in [-0.15, -0.1) is 0 Å². The summed E-state index contributed by atoms with van der Waals surface area (Å²) in [7, 11) is -3.57. The molecule has 1 atom stereocenters. The van der Waals surface area contributed by atoms with Gasteiger partial charge in [-0.3, -0.25) is 4.79 Å². The Morgan fingerprint density at radius 3 is 2.48 bits per heavy atom. The van der Waals surface area contributed by atoms with Gasteiger partial charge in [0, 0.05) is 23.7 Å². The first-order chi connectivity index (χ1) is 15.9. The summed E-state index contributed by atoms with van der Waals surface area (Å²) in [6, 6.07) is 16.0. The lowest BCUT2D eigenvalue weighted by atomic mass is 10.1. The number of aryl methyl sites for hydroxylation is 1. The molecule has 5 rings (SSSR count). The third-order valence-electron chi connectivity index (χ3n) is 6.60. The molecule has 2 aliphatic rings. The van der Waals surface area contributed by atoms with Crippen LogP contribution in [0.1, 0.15) is 54.2 Å². The molecular formula is C25H28N4O3S. The van der Waals surface area contributed by atoms with Crippen molar-refractivity contribution < 1.29 is 13.2 Å². The lowest BCUT2D eigenvalue weighted by molar-refractivity contribution is 0.102. The van der Waals surface area contributed by atoms with E-state index in [1.54, 1.807) is 21.1 Å². The molecule has 33 heavy (non-hydrogen) atoms. The van der Waals surface area contributed by atoms with Gasteiger partial charge in [0.05, 0.1) is 16.3 Å². The number of amides is 1. The van der Waals surface area contributed by atoms with Gasteiger partial charge < -0.3 is 5.32 Å². The van der Waals surface area contributed by atoms with Crippen molar-refractivity contribution in [2.75, 3.05) is 11.9 Å². The predicted molar refractivity (Wildman–Crippen MR) is 127 cm³/mol. The maximum Gasteiger partial charge on any atom is 0.256 e. The molecule has 0 radical (unpaired) electrons. The summed E-state index contributed by atoms with van der Waals surface area (Å²) in [4.78, 5) is 13.3. The summed E-state index contributed by atoms with van der Waals surface area (Å²) < 4.78 is 29.5. The first-order valence-corrected chi connectivity index (χ1v) is 13.0. The van der Waals surface area contributed by atoms with Gasteiger partial charge in [0.25, 0.3) is 5.91 Å². The molecular weight excluding hydrogens is 436 g/mol. The van der Waals surface area contributed by atoms with Crippen molar-refractivity contribution in [3.63, 3.8) is 0 Å². The fraction of sp³-hybridized carbons (Fsp3) is 0.360. The molecule has 1 aromatic heterocycles. The van der Waals surface area contributed by atoms with Gasteiger partial charge in [-0.2, -0.15) is 9.40 Å². The smallest absolute Gasteiger partial charge is 0.256 e. The summed E-state index contributed by atoms with van der Waals surface area (Å²) in [5.74, 6) is 0.412. The number of aromatic nitrogens is 2. The molecule has 2 heterocycles. The predicted octanol–water partition coefficient (Wildman–Crippen LogP) is 4.18. The summed E-state index contributed by atoms with van der Waals surface area (Å²) >= 11 is 0. The average molecular weight is 465 g/mol. The number of rotatable bonds is 5. The molecule has 2 aromatic carbocycles. The van der Waals surface area contributed by atoms with Crippen molar-refractivity contribution in [2.24, 2.45) is 0 Å². The van der Waals surface area contributed by atoms with Crippen LogP contribution in [-0.4, -0.2) is 41.0 Å². The fourth-order valence-corrected chi connectivity index (χ4v) is 6.50. The second kappa shape index (κ2) is 8.76. The zero-order valence-corrected chi connectivity index (χ0v) is 19.5. The third-order valence-corrected chi connectivity index (χ3v) is 8.63. The molecule has 1 N–H and O–H groups in total. The van der Waals surface area contributed by atoms with E-state index in [1.165, 1.54) is 12.1 Å². The van der Waals surface area contributed by atoms with Gasteiger partial charge in [-0.1, -0.05) is 24.6 Å². The minimum Gasteiger partial charge on any atom is -0.306 e. The topological polar surface area (TPSA) is 84.3 Å². The molecule has 1 unspecified atom stereocenters. The average Bonchev–Trinajstić information content (AvgIpc) is 3.42. The van der Waals surface area contributed by atoms with Gasteiger partial charge in [-0.25, -0.2) is 13.1 Å². The van der Waals surface area contributed by atoms with Crippen LogP contribution in [0.3, 0.4) is 0 Å². The summed E-state index contributed by atoms with van der Waals surface area (Å²) in [6.45, 7) is 2.49. The summed E-state index contributed by atoms with van der Waals surface area (Å²) in [5.41, 5.74) is 3.39. The Labute approximate surface area is 194 Å². The number of benzene rings is 2. The number of anilines is 1. The lowest BCUT2D eigenvalue weighted by Gasteiger charge is -2.32. The molecule has 1 amide bonds. The minimum atomic E-state index is -3.57. The summed E-state index contributed by atoms with van der Waals surface area (Å²) in [6.07, 6.45) is 5.61. The molecule has 0 saturated carbocycles. The highest BCUT2D eigenvalue weighted by Gasteiger charge is 2.31. The van der Waals surface area contributed by atoms with Crippen LogP contribution in [0.5, 0.6) is 0 Å². The molecule has 1 saturated heterocycles. The zero-order valence-electron chi connectivity index (χ0n) is 18.7. The number of fused-ring (bicyclic) bond motifs is 1. The number of hydrogen-bond acceptors (Lipinski definition) is 4. The number of piperidine rings is 1. The molecule has 172 valence electrons. The van der Waals surface area contributed by atoms with E-state index in [-0.39, 0.29) is 16.8 Å². The molecule has 7 nitrogen and oxygen atoms in total. The first kappa shape index (κ1) is 21.9. The molecule has 1 aliphatic carbocycles. The quantitative estimate of drug-likeness (QED) is 0.614. The van der Waals surface area contributed by atoms with Gasteiger partial charge in [0.1, 0.15) is 5.82 Å². The number of sulfonamides is 1. The van der Waals surface area contributed by atoms with Crippen molar-refractivity contribution in [2.45, 2.75) is 56.4 Å². The highest BCUT2D eigenvalue weighted by molar-refractivity contribution is 7.89. The number of hydrogen-bond donors (Lipinski definition) is 1. The lowest BCUT2D eigenvalue weighted by Crippen LogP contribution is -2.41. The molecule has 8 heteroatoms. The highest BCUT2D eigenvalue weighted by Crippen LogP contribution is 2.31. The largest absolute Gasteiger partial charge is 0.306 e. The monoisotopic (exact) mass is 464 g/mol. The van der Waals surface area contributed by atoms with Crippen LogP contribution in [0.15, 0.2) is 59.5 Å². The van der Waals surface area contributed by atoms with E-state index < -0.39 is 10.0 Å².